The molecule has 132 valence electrons. The number of benzene rings is 2. The third-order valence-electron chi connectivity index (χ3n) is 4.39. The molecule has 0 aliphatic heterocycles. The lowest BCUT2D eigenvalue weighted by atomic mass is 10.1. The van der Waals surface area contributed by atoms with Crippen molar-refractivity contribution in [2.75, 3.05) is 0 Å². The molecule has 0 aliphatic rings. The zero-order valence-electron chi connectivity index (χ0n) is 14.9. The Morgan fingerprint density at radius 1 is 1.00 bits per heavy atom. The van der Waals surface area contributed by atoms with Crippen LogP contribution in [0.25, 0.3) is 11.8 Å². The van der Waals surface area contributed by atoms with Crippen LogP contribution in [0.15, 0.2) is 54.6 Å². The van der Waals surface area contributed by atoms with Gasteiger partial charge in [-0.15, -0.1) is 0 Å². The average molecular weight is 384 g/mol. The molecular formula is C22H19Cl2NO. The lowest BCUT2D eigenvalue weighted by Gasteiger charge is -2.12. The van der Waals surface area contributed by atoms with Crippen molar-refractivity contribution >= 4 is 35.1 Å². The summed E-state index contributed by atoms with van der Waals surface area (Å²) in [6, 6.07) is 15.2. The number of aromatic nitrogens is 1. The molecule has 0 unspecified atom stereocenters. The molecule has 0 saturated heterocycles. The maximum absolute atomic E-state index is 12.4. The molecule has 0 saturated carbocycles. The van der Waals surface area contributed by atoms with Gasteiger partial charge in [-0.3, -0.25) is 4.79 Å². The standard InChI is InChI=1S/C22H19Cl2NO/c1-14-7-9-17(10-8-14)21(26)12-11-18-13-15(2)25(16(18)3)20-6-4-5-19(23)22(20)24/h4-13H,1-3H3/b12-11+. The molecule has 0 radical (unpaired) electrons. The van der Waals surface area contributed by atoms with Gasteiger partial charge in [-0.2, -0.15) is 0 Å². The first-order chi connectivity index (χ1) is 12.4. The molecule has 1 aromatic heterocycles. The van der Waals surface area contributed by atoms with E-state index in [-0.39, 0.29) is 5.78 Å². The van der Waals surface area contributed by atoms with Crippen LogP contribution in [0.5, 0.6) is 0 Å². The summed E-state index contributed by atoms with van der Waals surface area (Å²) < 4.78 is 2.05. The van der Waals surface area contributed by atoms with E-state index in [1.807, 2.05) is 73.9 Å². The molecule has 3 rings (SSSR count). The monoisotopic (exact) mass is 383 g/mol. The van der Waals surface area contributed by atoms with E-state index in [1.165, 1.54) is 0 Å². The van der Waals surface area contributed by atoms with Crippen LogP contribution in [0.1, 0.15) is 32.9 Å². The van der Waals surface area contributed by atoms with Gasteiger partial charge >= 0.3 is 0 Å². The van der Waals surface area contributed by atoms with E-state index in [4.69, 9.17) is 23.2 Å². The van der Waals surface area contributed by atoms with Crippen LogP contribution in [-0.2, 0) is 0 Å². The van der Waals surface area contributed by atoms with Gasteiger partial charge in [0, 0.05) is 17.0 Å². The van der Waals surface area contributed by atoms with Gasteiger partial charge in [0.05, 0.1) is 15.7 Å². The van der Waals surface area contributed by atoms with Crippen LogP contribution in [0.3, 0.4) is 0 Å². The Morgan fingerprint density at radius 3 is 2.38 bits per heavy atom. The third-order valence-corrected chi connectivity index (χ3v) is 5.20. The first kappa shape index (κ1) is 18.5. The van der Waals surface area contributed by atoms with Crippen molar-refractivity contribution in [2.24, 2.45) is 0 Å². The SMILES string of the molecule is Cc1ccc(C(=O)/C=C/c2cc(C)n(-c3cccc(Cl)c3Cl)c2C)cc1. The van der Waals surface area contributed by atoms with Crippen LogP contribution in [0.2, 0.25) is 10.0 Å². The zero-order valence-corrected chi connectivity index (χ0v) is 16.4. The second-order valence-electron chi connectivity index (χ2n) is 6.30. The number of ketones is 1. The van der Waals surface area contributed by atoms with Gasteiger partial charge in [-0.05, 0) is 56.7 Å². The van der Waals surface area contributed by atoms with E-state index < -0.39 is 0 Å². The van der Waals surface area contributed by atoms with Gasteiger partial charge in [0.1, 0.15) is 0 Å². The minimum Gasteiger partial charge on any atom is -0.316 e. The number of allylic oxidation sites excluding steroid dienone is 1. The van der Waals surface area contributed by atoms with Crippen LogP contribution in [0, 0.1) is 20.8 Å². The molecular weight excluding hydrogens is 365 g/mol. The van der Waals surface area contributed by atoms with Gasteiger partial charge in [-0.25, -0.2) is 0 Å². The van der Waals surface area contributed by atoms with Crippen molar-refractivity contribution < 1.29 is 4.79 Å². The Labute approximate surface area is 163 Å². The summed E-state index contributed by atoms with van der Waals surface area (Å²) in [5, 5.41) is 1.03. The summed E-state index contributed by atoms with van der Waals surface area (Å²) in [5.41, 5.74) is 5.64. The van der Waals surface area contributed by atoms with Crippen molar-refractivity contribution in [1.29, 1.82) is 0 Å². The molecule has 0 bridgehead atoms. The Balaban J connectivity index is 1.94. The van der Waals surface area contributed by atoms with Crippen LogP contribution in [-0.4, -0.2) is 10.4 Å². The first-order valence-electron chi connectivity index (χ1n) is 8.31. The number of aryl methyl sites for hydroxylation is 2. The molecule has 4 heteroatoms. The Bertz CT molecular complexity index is 998. The highest BCUT2D eigenvalue weighted by molar-refractivity contribution is 6.43. The molecule has 0 N–H and O–H groups in total. The Morgan fingerprint density at radius 2 is 1.69 bits per heavy atom. The van der Waals surface area contributed by atoms with E-state index in [9.17, 15) is 4.79 Å². The van der Waals surface area contributed by atoms with Crippen molar-refractivity contribution in [3.05, 3.63) is 92.7 Å². The summed E-state index contributed by atoms with van der Waals surface area (Å²) >= 11 is 12.5. The maximum Gasteiger partial charge on any atom is 0.185 e. The van der Waals surface area contributed by atoms with Crippen LogP contribution in [0.4, 0.5) is 0 Å². The Kier molecular flexibility index (Phi) is 5.36. The van der Waals surface area contributed by atoms with Gasteiger partial charge in [-0.1, -0.05) is 59.1 Å². The maximum atomic E-state index is 12.4. The van der Waals surface area contributed by atoms with Crippen molar-refractivity contribution in [2.45, 2.75) is 20.8 Å². The molecule has 3 aromatic rings. The highest BCUT2D eigenvalue weighted by atomic mass is 35.5. The topological polar surface area (TPSA) is 22.0 Å². The number of hydrogen-bond acceptors (Lipinski definition) is 1. The fourth-order valence-corrected chi connectivity index (χ4v) is 3.35. The molecule has 1 heterocycles. The lowest BCUT2D eigenvalue weighted by Crippen LogP contribution is -2.00. The number of carbonyl (C=O) groups excluding carboxylic acids is 1. The molecule has 2 nitrogen and oxygen atoms in total. The predicted octanol–water partition coefficient (Wildman–Crippen LogP) is 6.61. The van der Waals surface area contributed by atoms with Crippen molar-refractivity contribution in [3.8, 4) is 5.69 Å². The minimum atomic E-state index is -0.0180. The summed E-state index contributed by atoms with van der Waals surface area (Å²) in [6.45, 7) is 6.00. The second kappa shape index (κ2) is 7.53. The van der Waals surface area contributed by atoms with Gasteiger partial charge < -0.3 is 4.57 Å². The Hall–Kier alpha value is -2.29. The lowest BCUT2D eigenvalue weighted by molar-refractivity contribution is 0.104. The van der Waals surface area contributed by atoms with Gasteiger partial charge in [0.2, 0.25) is 0 Å². The van der Waals surface area contributed by atoms with Crippen molar-refractivity contribution in [1.82, 2.24) is 4.57 Å². The number of rotatable bonds is 4. The third kappa shape index (κ3) is 3.62. The quantitative estimate of drug-likeness (QED) is 0.367. The van der Waals surface area contributed by atoms with E-state index >= 15 is 0 Å². The minimum absolute atomic E-state index is 0.0180. The number of carbonyl (C=O) groups is 1. The molecule has 0 aliphatic carbocycles. The highest BCUT2D eigenvalue weighted by Gasteiger charge is 2.13. The number of nitrogens with zero attached hydrogens (tertiary/aromatic N) is 1. The summed E-state index contributed by atoms with van der Waals surface area (Å²) in [7, 11) is 0. The molecule has 2 aromatic carbocycles. The van der Waals surface area contributed by atoms with Gasteiger partial charge in [0.15, 0.2) is 5.78 Å². The predicted molar refractivity (Wildman–Crippen MR) is 110 cm³/mol. The molecule has 0 amide bonds. The van der Waals surface area contributed by atoms with Crippen molar-refractivity contribution in [3.63, 3.8) is 0 Å². The van der Waals surface area contributed by atoms with E-state index in [1.54, 1.807) is 12.1 Å². The fraction of sp³-hybridized carbons (Fsp3) is 0.136. The van der Waals surface area contributed by atoms with Gasteiger partial charge in [0.25, 0.3) is 0 Å². The molecule has 26 heavy (non-hydrogen) atoms. The second-order valence-corrected chi connectivity index (χ2v) is 7.08. The first-order valence-corrected chi connectivity index (χ1v) is 9.06. The smallest absolute Gasteiger partial charge is 0.185 e. The van der Waals surface area contributed by atoms with E-state index in [2.05, 4.69) is 0 Å². The zero-order chi connectivity index (χ0) is 18.8. The molecule has 0 atom stereocenters. The normalized spacial score (nSPS) is 11.3. The number of halogens is 2. The average Bonchev–Trinajstić information content (AvgIpc) is 2.90. The van der Waals surface area contributed by atoms with Crippen LogP contribution < -0.4 is 0 Å². The number of hydrogen-bond donors (Lipinski definition) is 0. The molecule has 0 spiro atoms. The fourth-order valence-electron chi connectivity index (χ4n) is 2.97. The van der Waals surface area contributed by atoms with E-state index in [0.29, 0.717) is 15.6 Å². The summed E-state index contributed by atoms with van der Waals surface area (Å²) in [6.07, 6.45) is 3.45. The highest BCUT2D eigenvalue weighted by Crippen LogP contribution is 2.32. The van der Waals surface area contributed by atoms with E-state index in [0.717, 1.165) is 28.2 Å². The summed E-state index contributed by atoms with van der Waals surface area (Å²) in [5.74, 6) is -0.0180. The molecule has 0 fully saturated rings. The largest absolute Gasteiger partial charge is 0.316 e. The summed E-state index contributed by atoms with van der Waals surface area (Å²) in [4.78, 5) is 12.4. The van der Waals surface area contributed by atoms with Crippen LogP contribution >= 0.6 is 23.2 Å².